The second-order valence-electron chi connectivity index (χ2n) is 0.924. The van der Waals surface area contributed by atoms with Crippen molar-refractivity contribution >= 4 is 28.8 Å². The summed E-state index contributed by atoms with van der Waals surface area (Å²) in [6.45, 7) is 0. The first kappa shape index (κ1) is 13.4. The van der Waals surface area contributed by atoms with Crippen LogP contribution in [0.1, 0.15) is 0 Å². The maximum atomic E-state index is 8.03. The quantitative estimate of drug-likeness (QED) is 0.154. The normalized spacial score (nSPS) is 8.80. The van der Waals surface area contributed by atoms with E-state index in [4.69, 9.17) is 10.5 Å². The second-order valence-corrected chi connectivity index (χ2v) is 2.53. The van der Waals surface area contributed by atoms with Gasteiger partial charge in [-0.2, -0.15) is 15.5 Å². The molecular formula is C4H2KN3S2. The second kappa shape index (κ2) is 9.86. The first-order valence-electron chi connectivity index (χ1n) is 1.94. The maximum Gasteiger partial charge on any atom is 1.00 e. The van der Waals surface area contributed by atoms with Gasteiger partial charge in [-0.15, -0.1) is 11.8 Å². The molecule has 3 nitrogen and oxygen atoms in total. The Hall–Kier alpha value is 0.856. The van der Waals surface area contributed by atoms with Gasteiger partial charge in [0.15, 0.2) is 0 Å². The molecule has 0 radical (unpaired) electrons. The molecule has 0 amide bonds. The summed E-state index contributed by atoms with van der Waals surface area (Å²) in [6.07, 6.45) is 1.53. The molecule has 0 aliphatic heterocycles. The smallest absolute Gasteiger partial charge is 0.752 e. The standard InChI is InChI=1S/C4H3N3S2.K/c5-1-2-9-4(8)7-3-6;/h2H2,(H,7,8);/q;+1/p-1. The number of nitriles is 2. The minimum Gasteiger partial charge on any atom is -0.752 e. The Morgan fingerprint density at radius 1 is 1.60 bits per heavy atom. The number of rotatable bonds is 1. The predicted molar refractivity (Wildman–Crippen MR) is 38.5 cm³/mol. The summed E-state index contributed by atoms with van der Waals surface area (Å²) in [7, 11) is 0. The molecular weight excluding hydrogens is 193 g/mol. The van der Waals surface area contributed by atoms with Crippen molar-refractivity contribution in [2.75, 3.05) is 5.75 Å². The van der Waals surface area contributed by atoms with E-state index in [0.717, 1.165) is 11.8 Å². The van der Waals surface area contributed by atoms with Crippen molar-refractivity contribution < 1.29 is 51.4 Å². The van der Waals surface area contributed by atoms with Crippen LogP contribution >= 0.6 is 11.8 Å². The van der Waals surface area contributed by atoms with Gasteiger partial charge >= 0.3 is 51.4 Å². The number of hydrogen-bond donors (Lipinski definition) is 0. The Bertz CT molecular complexity index is 190. The molecule has 0 heterocycles. The fraction of sp³-hybridized carbons (Fsp3) is 0.250. The first-order chi connectivity index (χ1) is 4.31. The molecule has 0 rings (SSSR count). The van der Waals surface area contributed by atoms with Gasteiger partial charge in [0.25, 0.3) is 0 Å². The minimum absolute atomic E-state index is 0. The van der Waals surface area contributed by atoms with E-state index in [1.165, 1.54) is 6.19 Å². The van der Waals surface area contributed by atoms with Crippen molar-refractivity contribution in [3.05, 3.63) is 0 Å². The molecule has 0 aromatic heterocycles. The van der Waals surface area contributed by atoms with Crippen LogP contribution in [0.25, 0.3) is 0 Å². The van der Waals surface area contributed by atoms with E-state index in [2.05, 4.69) is 17.6 Å². The molecule has 0 aromatic carbocycles. The molecule has 46 valence electrons. The van der Waals surface area contributed by atoms with Crippen LogP contribution in [0.2, 0.25) is 0 Å². The summed E-state index contributed by atoms with van der Waals surface area (Å²) in [5.41, 5.74) is 0. The molecule has 0 spiro atoms. The van der Waals surface area contributed by atoms with Gasteiger partial charge in [0, 0.05) is 0 Å². The van der Waals surface area contributed by atoms with Gasteiger partial charge in [-0.05, 0) is 4.38 Å². The first-order valence-corrected chi connectivity index (χ1v) is 3.34. The van der Waals surface area contributed by atoms with Crippen molar-refractivity contribution in [3.8, 4) is 12.3 Å². The summed E-state index contributed by atoms with van der Waals surface area (Å²) in [5.74, 6) is 0.254. The van der Waals surface area contributed by atoms with Crippen molar-refractivity contribution in [1.29, 1.82) is 10.5 Å². The molecule has 0 fully saturated rings. The fourth-order valence-corrected chi connectivity index (χ4v) is 0.678. The zero-order valence-corrected chi connectivity index (χ0v) is 10.1. The average molecular weight is 195 g/mol. The van der Waals surface area contributed by atoms with E-state index in [0.29, 0.717) is 0 Å². The van der Waals surface area contributed by atoms with Crippen LogP contribution in [0.4, 0.5) is 0 Å². The van der Waals surface area contributed by atoms with E-state index < -0.39 is 0 Å². The third-order valence-electron chi connectivity index (χ3n) is 0.401. The summed E-state index contributed by atoms with van der Waals surface area (Å²) >= 11 is 5.62. The van der Waals surface area contributed by atoms with Gasteiger partial charge in [0.2, 0.25) is 6.19 Å². The molecule has 0 aliphatic carbocycles. The van der Waals surface area contributed by atoms with E-state index in [1.54, 1.807) is 0 Å². The van der Waals surface area contributed by atoms with E-state index in [9.17, 15) is 0 Å². The van der Waals surface area contributed by atoms with Gasteiger partial charge in [-0.3, -0.25) is 0 Å². The molecule has 0 atom stereocenters. The van der Waals surface area contributed by atoms with Crippen LogP contribution in [0.15, 0.2) is 4.99 Å². The molecule has 0 aliphatic rings. The predicted octanol–water partition coefficient (Wildman–Crippen LogP) is -2.37. The summed E-state index contributed by atoms with van der Waals surface area (Å²) in [5, 5.41) is 16.0. The van der Waals surface area contributed by atoms with E-state index in [-0.39, 0.29) is 61.5 Å². The number of aliphatic imine (C=N–C) groups is 1. The molecule has 0 N–H and O–H groups in total. The summed E-state index contributed by atoms with van der Waals surface area (Å²) < 4.78 is 0.221. The van der Waals surface area contributed by atoms with Crippen molar-refractivity contribution in [2.45, 2.75) is 0 Å². The van der Waals surface area contributed by atoms with Crippen LogP contribution in [0, 0.1) is 22.8 Å². The van der Waals surface area contributed by atoms with Crippen LogP contribution < -0.4 is 51.4 Å². The Kier molecular flexibility index (Phi) is 13.3. The minimum atomic E-state index is 0. The topological polar surface area (TPSA) is 59.9 Å². The monoisotopic (exact) mass is 195 g/mol. The Labute approximate surface area is 112 Å². The van der Waals surface area contributed by atoms with Gasteiger partial charge in [0.1, 0.15) is 0 Å². The van der Waals surface area contributed by atoms with Gasteiger partial charge in [-0.1, -0.05) is 0 Å². The van der Waals surface area contributed by atoms with Crippen LogP contribution in [-0.2, 0) is 12.6 Å². The summed E-state index contributed by atoms with van der Waals surface area (Å²) in [4.78, 5) is 3.21. The Balaban J connectivity index is 0. The Morgan fingerprint density at radius 2 is 2.20 bits per heavy atom. The molecule has 0 unspecified atom stereocenters. The molecule has 6 heteroatoms. The number of nitrogens with zero attached hydrogens (tertiary/aromatic N) is 3. The summed E-state index contributed by atoms with van der Waals surface area (Å²) in [6, 6.07) is 1.86. The van der Waals surface area contributed by atoms with Crippen molar-refractivity contribution in [1.82, 2.24) is 0 Å². The van der Waals surface area contributed by atoms with E-state index >= 15 is 0 Å². The average Bonchev–Trinajstić information content (AvgIpc) is 1.85. The van der Waals surface area contributed by atoms with Crippen molar-refractivity contribution in [2.24, 2.45) is 4.99 Å². The van der Waals surface area contributed by atoms with Crippen LogP contribution in [0.3, 0.4) is 0 Å². The molecule has 0 saturated heterocycles. The SMILES string of the molecule is N#CCSC([S-])=NC#N.[K+]. The zero-order valence-electron chi connectivity index (χ0n) is 5.37. The third kappa shape index (κ3) is 8.86. The van der Waals surface area contributed by atoms with E-state index in [1.807, 2.05) is 6.07 Å². The van der Waals surface area contributed by atoms with Crippen molar-refractivity contribution in [3.63, 3.8) is 0 Å². The number of thioether (sulfide) groups is 1. The van der Waals surface area contributed by atoms with Gasteiger partial charge in [0.05, 0.1) is 11.8 Å². The van der Waals surface area contributed by atoms with Crippen LogP contribution in [0.5, 0.6) is 0 Å². The maximum absolute atomic E-state index is 8.03. The van der Waals surface area contributed by atoms with Crippen LogP contribution in [-0.4, -0.2) is 10.1 Å². The van der Waals surface area contributed by atoms with Gasteiger partial charge in [-0.25, -0.2) is 0 Å². The number of hydrogen-bond acceptors (Lipinski definition) is 5. The molecule has 10 heavy (non-hydrogen) atoms. The molecule has 0 aromatic rings. The molecule has 0 saturated carbocycles. The third-order valence-corrected chi connectivity index (χ3v) is 1.46. The Morgan fingerprint density at radius 3 is 2.60 bits per heavy atom. The fourth-order valence-electron chi connectivity index (χ4n) is 0.167. The van der Waals surface area contributed by atoms with Gasteiger partial charge < -0.3 is 12.6 Å². The zero-order chi connectivity index (χ0) is 7.11. The molecule has 0 bridgehead atoms. The largest absolute Gasteiger partial charge is 1.00 e.